The molecule has 2 aliphatic carbocycles. The van der Waals surface area contributed by atoms with E-state index in [-0.39, 0.29) is 23.2 Å². The Labute approximate surface area is 142 Å². The number of rotatable bonds is 6. The van der Waals surface area contributed by atoms with Gasteiger partial charge < -0.3 is 15.2 Å². The third kappa shape index (κ3) is 3.40. The zero-order valence-corrected chi connectivity index (χ0v) is 14.1. The molecule has 0 spiro atoms. The van der Waals surface area contributed by atoms with E-state index < -0.39 is 5.97 Å². The third-order valence-electron chi connectivity index (χ3n) is 5.58. The highest BCUT2D eigenvalue weighted by Crippen LogP contribution is 2.50. The summed E-state index contributed by atoms with van der Waals surface area (Å²) in [6, 6.07) is 8.01. The molecule has 3 rings (SSSR count). The van der Waals surface area contributed by atoms with E-state index in [9.17, 15) is 9.59 Å². The van der Waals surface area contributed by atoms with Gasteiger partial charge in [0.15, 0.2) is 0 Å². The zero-order chi connectivity index (χ0) is 17.2. The highest BCUT2D eigenvalue weighted by atomic mass is 16.5. The van der Waals surface area contributed by atoms with E-state index in [2.05, 4.69) is 11.4 Å². The van der Waals surface area contributed by atoms with Crippen molar-refractivity contribution in [3.05, 3.63) is 29.8 Å². The fourth-order valence-electron chi connectivity index (χ4n) is 3.78. The summed E-state index contributed by atoms with van der Waals surface area (Å²) >= 11 is 0. The summed E-state index contributed by atoms with van der Waals surface area (Å²) < 4.78 is 5.46. The number of hydrogen-bond acceptors (Lipinski definition) is 3. The molecule has 1 amide bonds. The average molecular weight is 331 g/mol. The zero-order valence-electron chi connectivity index (χ0n) is 14.1. The Kier molecular flexibility index (Phi) is 4.78. The Hall–Kier alpha value is -2.04. The fourth-order valence-corrected chi connectivity index (χ4v) is 3.78. The van der Waals surface area contributed by atoms with Crippen LogP contribution < -0.4 is 10.1 Å². The molecule has 0 atom stereocenters. The van der Waals surface area contributed by atoms with Crippen molar-refractivity contribution < 1.29 is 19.4 Å². The van der Waals surface area contributed by atoms with E-state index in [0.29, 0.717) is 32.2 Å². The Balaban J connectivity index is 1.56. The molecule has 0 radical (unpaired) electrons. The molecule has 130 valence electrons. The van der Waals surface area contributed by atoms with Gasteiger partial charge in [-0.25, -0.2) is 0 Å². The summed E-state index contributed by atoms with van der Waals surface area (Å²) in [6.45, 7) is 0.630. The maximum atomic E-state index is 12.4. The van der Waals surface area contributed by atoms with Gasteiger partial charge >= 0.3 is 5.97 Å². The highest BCUT2D eigenvalue weighted by Gasteiger charge is 2.46. The normalized spacial score (nSPS) is 24.9. The van der Waals surface area contributed by atoms with Crippen LogP contribution in [0, 0.1) is 11.8 Å². The standard InChI is InChI=1S/C19H25NO4/c1-24-16-5-3-2-4-15(16)19(10-11-19)12-20-17(21)13-6-8-14(9-7-13)18(22)23/h2-5,13-14H,6-12H2,1H3,(H,20,21)(H,22,23). The van der Waals surface area contributed by atoms with Crippen molar-refractivity contribution in [1.29, 1.82) is 0 Å². The number of amides is 1. The molecule has 2 saturated carbocycles. The number of carboxylic acid groups (broad SMARTS) is 1. The Morgan fingerprint density at radius 2 is 1.79 bits per heavy atom. The quantitative estimate of drug-likeness (QED) is 0.840. The number of aliphatic carboxylic acids is 1. The molecular weight excluding hydrogens is 306 g/mol. The van der Waals surface area contributed by atoms with Crippen LogP contribution in [0.15, 0.2) is 24.3 Å². The summed E-state index contributed by atoms with van der Waals surface area (Å²) in [5.41, 5.74) is 1.17. The van der Waals surface area contributed by atoms with Crippen LogP contribution in [0.5, 0.6) is 5.75 Å². The van der Waals surface area contributed by atoms with Gasteiger partial charge in [-0.15, -0.1) is 0 Å². The van der Waals surface area contributed by atoms with Gasteiger partial charge in [-0.05, 0) is 44.6 Å². The van der Waals surface area contributed by atoms with Crippen LogP contribution in [-0.2, 0) is 15.0 Å². The fraction of sp³-hybridized carbons (Fsp3) is 0.579. The van der Waals surface area contributed by atoms with Gasteiger partial charge in [-0.1, -0.05) is 18.2 Å². The van der Waals surface area contributed by atoms with E-state index in [0.717, 1.165) is 18.6 Å². The van der Waals surface area contributed by atoms with Gasteiger partial charge in [0.2, 0.25) is 5.91 Å². The molecule has 1 aromatic carbocycles. The van der Waals surface area contributed by atoms with Gasteiger partial charge in [0.1, 0.15) is 5.75 Å². The Bertz CT molecular complexity index is 616. The lowest BCUT2D eigenvalue weighted by Crippen LogP contribution is -2.38. The lowest BCUT2D eigenvalue weighted by molar-refractivity contribution is -0.144. The predicted octanol–water partition coefficient (Wildman–Crippen LogP) is 2.73. The minimum atomic E-state index is -0.734. The Morgan fingerprint density at radius 1 is 1.17 bits per heavy atom. The first kappa shape index (κ1) is 16.8. The maximum Gasteiger partial charge on any atom is 0.306 e. The largest absolute Gasteiger partial charge is 0.496 e. The van der Waals surface area contributed by atoms with Gasteiger partial charge in [-0.2, -0.15) is 0 Å². The number of nitrogens with one attached hydrogen (secondary N) is 1. The van der Waals surface area contributed by atoms with Crippen LogP contribution in [0.4, 0.5) is 0 Å². The van der Waals surface area contributed by atoms with Gasteiger partial charge in [0.25, 0.3) is 0 Å². The number of carboxylic acids is 1. The lowest BCUT2D eigenvalue weighted by Gasteiger charge is -2.26. The second-order valence-corrected chi connectivity index (χ2v) is 7.09. The smallest absolute Gasteiger partial charge is 0.306 e. The molecule has 0 aliphatic heterocycles. The average Bonchev–Trinajstić information content (AvgIpc) is 3.41. The van der Waals surface area contributed by atoms with Crippen molar-refractivity contribution in [2.45, 2.75) is 43.9 Å². The van der Waals surface area contributed by atoms with E-state index in [1.807, 2.05) is 18.2 Å². The van der Waals surface area contributed by atoms with Crippen LogP contribution in [0.2, 0.25) is 0 Å². The summed E-state index contributed by atoms with van der Waals surface area (Å²) in [6.07, 6.45) is 4.66. The minimum absolute atomic E-state index is 0.000526. The van der Waals surface area contributed by atoms with Crippen molar-refractivity contribution >= 4 is 11.9 Å². The predicted molar refractivity (Wildman–Crippen MR) is 90.0 cm³/mol. The lowest BCUT2D eigenvalue weighted by atomic mass is 9.81. The van der Waals surface area contributed by atoms with E-state index in [4.69, 9.17) is 9.84 Å². The van der Waals surface area contributed by atoms with Crippen molar-refractivity contribution in [2.24, 2.45) is 11.8 Å². The molecule has 24 heavy (non-hydrogen) atoms. The van der Waals surface area contributed by atoms with Gasteiger partial charge in [0, 0.05) is 23.4 Å². The number of methoxy groups -OCH3 is 1. The van der Waals surface area contributed by atoms with E-state index in [1.54, 1.807) is 7.11 Å². The second kappa shape index (κ2) is 6.83. The Morgan fingerprint density at radius 3 is 2.38 bits per heavy atom. The summed E-state index contributed by atoms with van der Waals surface area (Å²) in [5, 5.41) is 12.2. The molecule has 0 aromatic heterocycles. The monoisotopic (exact) mass is 331 g/mol. The minimum Gasteiger partial charge on any atom is -0.496 e. The number of benzene rings is 1. The van der Waals surface area contributed by atoms with Crippen molar-refractivity contribution in [1.82, 2.24) is 5.32 Å². The molecule has 5 heteroatoms. The van der Waals surface area contributed by atoms with E-state index >= 15 is 0 Å². The first-order chi connectivity index (χ1) is 11.6. The van der Waals surface area contributed by atoms with Gasteiger partial charge in [-0.3, -0.25) is 9.59 Å². The molecule has 0 bridgehead atoms. The molecule has 0 heterocycles. The second-order valence-electron chi connectivity index (χ2n) is 7.09. The molecule has 2 fully saturated rings. The van der Waals surface area contributed by atoms with Crippen molar-refractivity contribution in [2.75, 3.05) is 13.7 Å². The van der Waals surface area contributed by atoms with Crippen molar-refractivity contribution in [3.63, 3.8) is 0 Å². The molecule has 5 nitrogen and oxygen atoms in total. The number of carbonyl (C=O) groups excluding carboxylic acids is 1. The topological polar surface area (TPSA) is 75.6 Å². The molecular formula is C19H25NO4. The SMILES string of the molecule is COc1ccccc1C1(CNC(=O)C2CCC(C(=O)O)CC2)CC1. The summed E-state index contributed by atoms with van der Waals surface area (Å²) in [4.78, 5) is 23.4. The van der Waals surface area contributed by atoms with E-state index in [1.165, 1.54) is 5.56 Å². The molecule has 0 saturated heterocycles. The number of para-hydroxylation sites is 1. The number of carbonyl (C=O) groups is 2. The van der Waals surface area contributed by atoms with Crippen LogP contribution in [0.3, 0.4) is 0 Å². The molecule has 2 aliphatic rings. The number of hydrogen-bond donors (Lipinski definition) is 2. The van der Waals surface area contributed by atoms with Crippen LogP contribution in [0.25, 0.3) is 0 Å². The first-order valence-corrected chi connectivity index (χ1v) is 8.70. The maximum absolute atomic E-state index is 12.4. The highest BCUT2D eigenvalue weighted by molar-refractivity contribution is 5.79. The molecule has 0 unspecified atom stereocenters. The molecule has 2 N–H and O–H groups in total. The van der Waals surface area contributed by atoms with Crippen LogP contribution in [-0.4, -0.2) is 30.6 Å². The summed E-state index contributed by atoms with van der Waals surface area (Å²) in [5.74, 6) is -0.111. The first-order valence-electron chi connectivity index (χ1n) is 8.70. The van der Waals surface area contributed by atoms with Crippen LogP contribution >= 0.6 is 0 Å². The van der Waals surface area contributed by atoms with Crippen molar-refractivity contribution in [3.8, 4) is 5.75 Å². The number of ether oxygens (including phenoxy) is 1. The molecule has 1 aromatic rings. The van der Waals surface area contributed by atoms with Crippen LogP contribution in [0.1, 0.15) is 44.1 Å². The van der Waals surface area contributed by atoms with Gasteiger partial charge in [0.05, 0.1) is 13.0 Å². The third-order valence-corrected chi connectivity index (χ3v) is 5.58. The summed E-state index contributed by atoms with van der Waals surface area (Å²) in [7, 11) is 1.67.